The Labute approximate surface area is 90.3 Å². The molecule has 0 saturated heterocycles. The maximum absolute atomic E-state index is 11.2. The van der Waals surface area contributed by atoms with E-state index in [1.807, 2.05) is 0 Å². The predicted molar refractivity (Wildman–Crippen MR) is 55.7 cm³/mol. The molecule has 5 nitrogen and oxygen atoms in total. The first-order valence-electron chi connectivity index (χ1n) is 5.10. The molecular formula is C10H19NO4. The van der Waals surface area contributed by atoms with E-state index in [2.05, 4.69) is 16.4 Å². The SMILES string of the molecule is CCCCCCN(C(=O)OC)C(=O)OC. The standard InChI is InChI=1S/C10H19NO4/c1-4-5-6-7-8-11(9(12)14-2)10(13)15-3/h4-8H2,1-3H3. The second-order valence-corrected chi connectivity index (χ2v) is 3.15. The van der Waals surface area contributed by atoms with Crippen LogP contribution in [0.3, 0.4) is 0 Å². The third-order valence-electron chi connectivity index (χ3n) is 2.03. The molecule has 0 bridgehead atoms. The summed E-state index contributed by atoms with van der Waals surface area (Å²) in [5, 5.41) is 0. The van der Waals surface area contributed by atoms with Gasteiger partial charge in [-0.05, 0) is 6.42 Å². The highest BCUT2D eigenvalue weighted by atomic mass is 16.6. The summed E-state index contributed by atoms with van der Waals surface area (Å²) in [4.78, 5) is 23.3. The minimum Gasteiger partial charge on any atom is -0.452 e. The fourth-order valence-corrected chi connectivity index (χ4v) is 1.17. The van der Waals surface area contributed by atoms with Gasteiger partial charge in [-0.15, -0.1) is 0 Å². The van der Waals surface area contributed by atoms with E-state index in [1.165, 1.54) is 14.2 Å². The fourth-order valence-electron chi connectivity index (χ4n) is 1.17. The van der Waals surface area contributed by atoms with E-state index in [0.29, 0.717) is 6.54 Å². The summed E-state index contributed by atoms with van der Waals surface area (Å²) in [5.74, 6) is 0. The molecule has 0 aliphatic rings. The first-order valence-corrected chi connectivity index (χ1v) is 5.10. The van der Waals surface area contributed by atoms with E-state index in [4.69, 9.17) is 0 Å². The van der Waals surface area contributed by atoms with Gasteiger partial charge < -0.3 is 9.47 Å². The first-order chi connectivity index (χ1) is 7.17. The lowest BCUT2D eigenvalue weighted by atomic mass is 10.2. The molecule has 0 aromatic carbocycles. The number of hydrogen-bond donors (Lipinski definition) is 0. The summed E-state index contributed by atoms with van der Waals surface area (Å²) in [6.07, 6.45) is 2.63. The Bertz CT molecular complexity index is 190. The highest BCUT2D eigenvalue weighted by molar-refractivity contribution is 5.87. The van der Waals surface area contributed by atoms with E-state index in [-0.39, 0.29) is 0 Å². The minimum absolute atomic E-state index is 0.347. The van der Waals surface area contributed by atoms with Crippen molar-refractivity contribution >= 4 is 12.2 Å². The van der Waals surface area contributed by atoms with Gasteiger partial charge in [0.15, 0.2) is 0 Å². The summed E-state index contributed by atoms with van der Waals surface area (Å²) < 4.78 is 8.96. The molecule has 0 N–H and O–H groups in total. The van der Waals surface area contributed by atoms with E-state index >= 15 is 0 Å². The molecule has 0 aromatic heterocycles. The summed E-state index contributed by atoms with van der Waals surface area (Å²) in [6, 6.07) is 0. The lowest BCUT2D eigenvalue weighted by Crippen LogP contribution is -2.37. The maximum atomic E-state index is 11.2. The van der Waals surface area contributed by atoms with E-state index in [9.17, 15) is 9.59 Å². The van der Waals surface area contributed by atoms with Crippen LogP contribution < -0.4 is 0 Å². The van der Waals surface area contributed by atoms with Crippen molar-refractivity contribution in [1.29, 1.82) is 0 Å². The van der Waals surface area contributed by atoms with Crippen molar-refractivity contribution in [2.75, 3.05) is 20.8 Å². The molecule has 0 radical (unpaired) electrons. The largest absolute Gasteiger partial charge is 0.452 e. The molecule has 0 unspecified atom stereocenters. The van der Waals surface area contributed by atoms with Crippen LogP contribution in [0, 0.1) is 0 Å². The van der Waals surface area contributed by atoms with Crippen LogP contribution in [0.15, 0.2) is 0 Å². The van der Waals surface area contributed by atoms with Crippen LogP contribution in [0.25, 0.3) is 0 Å². The van der Waals surface area contributed by atoms with E-state index < -0.39 is 12.2 Å². The van der Waals surface area contributed by atoms with E-state index in [0.717, 1.165) is 30.6 Å². The molecule has 0 atom stereocenters. The lowest BCUT2D eigenvalue weighted by Gasteiger charge is -2.17. The van der Waals surface area contributed by atoms with Crippen molar-refractivity contribution in [3.63, 3.8) is 0 Å². The molecule has 0 rings (SSSR count). The number of rotatable bonds is 5. The molecule has 0 spiro atoms. The van der Waals surface area contributed by atoms with Crippen molar-refractivity contribution in [1.82, 2.24) is 4.90 Å². The van der Waals surface area contributed by atoms with Crippen molar-refractivity contribution in [2.24, 2.45) is 0 Å². The molecule has 0 heterocycles. The molecule has 5 heteroatoms. The molecule has 2 amide bonds. The number of carbonyl (C=O) groups is 2. The summed E-state index contributed by atoms with van der Waals surface area (Å²) in [6.45, 7) is 2.44. The van der Waals surface area contributed by atoms with Gasteiger partial charge in [-0.25, -0.2) is 14.5 Å². The van der Waals surface area contributed by atoms with Crippen LogP contribution >= 0.6 is 0 Å². The maximum Gasteiger partial charge on any atom is 0.419 e. The molecule has 0 saturated carbocycles. The second-order valence-electron chi connectivity index (χ2n) is 3.15. The Kier molecular flexibility index (Phi) is 7.40. The van der Waals surface area contributed by atoms with Gasteiger partial charge >= 0.3 is 12.2 Å². The van der Waals surface area contributed by atoms with Gasteiger partial charge in [0.2, 0.25) is 0 Å². The topological polar surface area (TPSA) is 55.8 Å². The second kappa shape index (κ2) is 8.08. The fraction of sp³-hybridized carbons (Fsp3) is 0.800. The third kappa shape index (κ3) is 5.24. The van der Waals surface area contributed by atoms with E-state index in [1.54, 1.807) is 0 Å². The average molecular weight is 217 g/mol. The summed E-state index contributed by atoms with van der Waals surface area (Å²) in [7, 11) is 2.48. The molecule has 0 aliphatic carbocycles. The van der Waals surface area contributed by atoms with Crippen molar-refractivity contribution < 1.29 is 19.1 Å². The smallest absolute Gasteiger partial charge is 0.419 e. The average Bonchev–Trinajstić information content (AvgIpc) is 2.27. The van der Waals surface area contributed by atoms with Crippen molar-refractivity contribution in [3.05, 3.63) is 0 Å². The zero-order chi connectivity index (χ0) is 11.7. The Morgan fingerprint density at radius 2 is 1.53 bits per heavy atom. The number of ether oxygens (including phenoxy) is 2. The van der Waals surface area contributed by atoms with Gasteiger partial charge in [0.1, 0.15) is 0 Å². The van der Waals surface area contributed by atoms with Crippen LogP contribution in [-0.4, -0.2) is 37.9 Å². The Balaban J connectivity index is 4.02. The number of nitrogens with zero attached hydrogens (tertiary/aromatic N) is 1. The zero-order valence-electron chi connectivity index (χ0n) is 9.62. The number of imide groups is 1. The van der Waals surface area contributed by atoms with Crippen LogP contribution in [-0.2, 0) is 9.47 Å². The number of carbonyl (C=O) groups excluding carboxylic acids is 2. The normalized spacial score (nSPS) is 9.53. The highest BCUT2D eigenvalue weighted by Crippen LogP contribution is 2.04. The number of amides is 2. The Morgan fingerprint density at radius 3 is 1.93 bits per heavy atom. The molecule has 0 fully saturated rings. The quantitative estimate of drug-likeness (QED) is 0.663. The van der Waals surface area contributed by atoms with Crippen LogP contribution in [0.4, 0.5) is 9.59 Å². The van der Waals surface area contributed by atoms with Gasteiger partial charge in [-0.3, -0.25) is 0 Å². The monoisotopic (exact) mass is 217 g/mol. The Morgan fingerprint density at radius 1 is 1.00 bits per heavy atom. The molecule has 88 valence electrons. The highest BCUT2D eigenvalue weighted by Gasteiger charge is 2.21. The first kappa shape index (κ1) is 13.7. The molecule has 0 aliphatic heterocycles. The van der Waals surface area contributed by atoms with Crippen LogP contribution in [0.2, 0.25) is 0 Å². The number of hydrogen-bond acceptors (Lipinski definition) is 4. The van der Waals surface area contributed by atoms with Gasteiger partial charge in [0.25, 0.3) is 0 Å². The van der Waals surface area contributed by atoms with Gasteiger partial charge in [0.05, 0.1) is 14.2 Å². The van der Waals surface area contributed by atoms with Crippen LogP contribution in [0.5, 0.6) is 0 Å². The van der Waals surface area contributed by atoms with Crippen LogP contribution in [0.1, 0.15) is 32.6 Å². The molecule has 15 heavy (non-hydrogen) atoms. The predicted octanol–water partition coefficient (Wildman–Crippen LogP) is 2.40. The zero-order valence-corrected chi connectivity index (χ0v) is 9.62. The third-order valence-corrected chi connectivity index (χ3v) is 2.03. The molecular weight excluding hydrogens is 198 g/mol. The Hall–Kier alpha value is -1.26. The van der Waals surface area contributed by atoms with Gasteiger partial charge in [-0.1, -0.05) is 26.2 Å². The van der Waals surface area contributed by atoms with Crippen molar-refractivity contribution in [3.8, 4) is 0 Å². The number of unbranched alkanes of at least 4 members (excludes halogenated alkanes) is 3. The molecule has 0 aromatic rings. The lowest BCUT2D eigenvalue weighted by molar-refractivity contribution is 0.0978. The summed E-state index contributed by atoms with van der Waals surface area (Å²) >= 11 is 0. The summed E-state index contributed by atoms with van der Waals surface area (Å²) in [5.41, 5.74) is 0. The minimum atomic E-state index is -0.668. The van der Waals surface area contributed by atoms with Gasteiger partial charge in [0, 0.05) is 6.54 Å². The van der Waals surface area contributed by atoms with Crippen molar-refractivity contribution in [2.45, 2.75) is 32.6 Å². The van der Waals surface area contributed by atoms with Gasteiger partial charge in [-0.2, -0.15) is 0 Å². The number of methoxy groups -OCH3 is 2.